The van der Waals surface area contributed by atoms with Crippen LogP contribution in [-0.4, -0.2) is 99.4 Å². The standard InChI is InChI=1S/C47H51ClN6O6S2/c48-38-16-13-34(14-17-38)43-12-5-4-7-37(43)31-52-23-24-53-40(32-52)9-6-8-35-29-36(15-20-45(35)53)47(55)50-62(58,59)42-18-19-44(46(30-42)54(56)57)49-39(21-22-51-25-27-60-28-26-51)33-61-41-10-2-1-3-11-41/h1-5,7,10-20,29-30,39-40,49H,6,8-9,21-28,31-33H2,(H,50,55)/t39-,40+/m1/s1. The molecule has 324 valence electrons. The highest BCUT2D eigenvalue weighted by Crippen LogP contribution is 2.35. The fourth-order valence-corrected chi connectivity index (χ4v) is 10.8. The zero-order chi connectivity index (χ0) is 43.1. The van der Waals surface area contributed by atoms with Crippen molar-refractivity contribution in [1.82, 2.24) is 14.5 Å². The van der Waals surface area contributed by atoms with E-state index >= 15 is 0 Å². The Morgan fingerprint density at radius 2 is 1.68 bits per heavy atom. The molecule has 0 aliphatic carbocycles. The van der Waals surface area contributed by atoms with Gasteiger partial charge >= 0.3 is 0 Å². The lowest BCUT2D eigenvalue weighted by molar-refractivity contribution is -0.384. The maximum Gasteiger partial charge on any atom is 0.293 e. The number of anilines is 2. The molecule has 3 aliphatic heterocycles. The molecule has 2 N–H and O–H groups in total. The predicted octanol–water partition coefficient (Wildman–Crippen LogP) is 8.36. The molecule has 3 aliphatic rings. The smallest absolute Gasteiger partial charge is 0.293 e. The number of nitrogens with zero attached hydrogens (tertiary/aromatic N) is 4. The van der Waals surface area contributed by atoms with Crippen molar-refractivity contribution in [1.29, 1.82) is 0 Å². The third-order valence-corrected chi connectivity index (χ3v) is 14.7. The number of ether oxygens (including phenoxy) is 1. The van der Waals surface area contributed by atoms with Crippen molar-refractivity contribution >= 4 is 56.4 Å². The largest absolute Gasteiger partial charge is 0.379 e. The molecule has 2 atom stereocenters. The number of carbonyl (C=O) groups is 1. The van der Waals surface area contributed by atoms with Crippen LogP contribution in [0.1, 0.15) is 40.7 Å². The molecule has 0 saturated carbocycles. The molecule has 1 amide bonds. The van der Waals surface area contributed by atoms with E-state index in [9.17, 15) is 23.3 Å². The Morgan fingerprint density at radius 1 is 0.903 bits per heavy atom. The van der Waals surface area contributed by atoms with Crippen molar-refractivity contribution in [3.05, 3.63) is 147 Å². The number of fused-ring (bicyclic) bond motifs is 3. The Hall–Kier alpha value is -4.96. The fourth-order valence-electron chi connectivity index (χ4n) is 8.66. The van der Waals surface area contributed by atoms with E-state index in [0.717, 1.165) is 92.9 Å². The molecule has 3 heterocycles. The number of morpholine rings is 1. The summed E-state index contributed by atoms with van der Waals surface area (Å²) in [6, 6.07) is 35.7. The predicted molar refractivity (Wildman–Crippen MR) is 247 cm³/mol. The van der Waals surface area contributed by atoms with Gasteiger partial charge in [-0.15, -0.1) is 11.8 Å². The minimum Gasteiger partial charge on any atom is -0.379 e. The van der Waals surface area contributed by atoms with Gasteiger partial charge in [-0.25, -0.2) is 13.1 Å². The van der Waals surface area contributed by atoms with Crippen molar-refractivity contribution in [2.24, 2.45) is 0 Å². The maximum atomic E-state index is 13.7. The number of nitro groups is 1. The molecule has 5 aromatic carbocycles. The minimum absolute atomic E-state index is 0.153. The quantitative estimate of drug-likeness (QED) is 0.0596. The van der Waals surface area contributed by atoms with Crippen molar-refractivity contribution in [2.75, 3.05) is 68.5 Å². The number of sulfonamides is 1. The van der Waals surface area contributed by atoms with Crippen LogP contribution in [0, 0.1) is 10.1 Å². The molecule has 12 nitrogen and oxygen atoms in total. The second-order valence-corrected chi connectivity index (χ2v) is 19.3. The number of amides is 1. The lowest BCUT2D eigenvalue weighted by Gasteiger charge is -2.43. The second kappa shape index (κ2) is 20.0. The van der Waals surface area contributed by atoms with E-state index in [1.54, 1.807) is 23.9 Å². The Kier molecular flexibility index (Phi) is 14.1. The van der Waals surface area contributed by atoms with Crippen LogP contribution >= 0.6 is 23.4 Å². The SMILES string of the molecule is O=C(NS(=O)(=O)c1ccc(N[C@H](CCN2CCOCC2)CSc2ccccc2)c([N+](=O)[O-])c1)c1ccc2c(c1)CCC[C@H]1CN(Cc3ccccc3-c3ccc(Cl)cc3)CCN21. The molecule has 0 bridgehead atoms. The first-order chi connectivity index (χ1) is 30.1. The van der Waals surface area contributed by atoms with Gasteiger partial charge in [-0.2, -0.15) is 0 Å². The van der Waals surface area contributed by atoms with Crippen molar-refractivity contribution in [2.45, 2.75) is 54.1 Å². The molecule has 0 aromatic heterocycles. The van der Waals surface area contributed by atoms with Gasteiger partial charge in [0.1, 0.15) is 5.69 Å². The molecule has 2 saturated heterocycles. The van der Waals surface area contributed by atoms with Crippen LogP contribution in [0.4, 0.5) is 17.1 Å². The topological polar surface area (TPSA) is 137 Å². The third-order valence-electron chi connectivity index (χ3n) is 11.9. The Balaban J connectivity index is 0.926. The lowest BCUT2D eigenvalue weighted by atomic mass is 9.98. The van der Waals surface area contributed by atoms with Gasteiger partial charge in [0, 0.05) is 90.9 Å². The van der Waals surface area contributed by atoms with Gasteiger partial charge < -0.3 is 15.0 Å². The number of carbonyl (C=O) groups excluding carboxylic acids is 1. The second-order valence-electron chi connectivity index (χ2n) is 16.1. The van der Waals surface area contributed by atoms with Crippen LogP contribution in [0.5, 0.6) is 0 Å². The van der Waals surface area contributed by atoms with Gasteiger partial charge in [-0.3, -0.25) is 24.7 Å². The molecule has 8 rings (SSSR count). The van der Waals surface area contributed by atoms with Crippen LogP contribution in [0.2, 0.25) is 5.02 Å². The van der Waals surface area contributed by atoms with E-state index in [0.29, 0.717) is 36.5 Å². The number of benzene rings is 5. The zero-order valence-electron chi connectivity index (χ0n) is 34.5. The lowest BCUT2D eigenvalue weighted by Crippen LogP contribution is -2.52. The summed E-state index contributed by atoms with van der Waals surface area (Å²) in [4.78, 5) is 33.4. The average molecular weight is 896 g/mol. The average Bonchev–Trinajstić information content (AvgIpc) is 3.47. The van der Waals surface area contributed by atoms with Crippen LogP contribution in [0.25, 0.3) is 11.1 Å². The Bertz CT molecular complexity index is 2470. The van der Waals surface area contributed by atoms with Crippen LogP contribution in [0.3, 0.4) is 0 Å². The van der Waals surface area contributed by atoms with Gasteiger partial charge in [0.25, 0.3) is 21.6 Å². The van der Waals surface area contributed by atoms with Crippen LogP contribution < -0.4 is 14.9 Å². The Morgan fingerprint density at radius 3 is 2.47 bits per heavy atom. The summed E-state index contributed by atoms with van der Waals surface area (Å²) in [6.07, 6.45) is 3.39. The van der Waals surface area contributed by atoms with E-state index in [4.69, 9.17) is 16.3 Å². The maximum absolute atomic E-state index is 13.7. The Labute approximate surface area is 372 Å². The molecule has 0 spiro atoms. The first-order valence-electron chi connectivity index (χ1n) is 21.2. The summed E-state index contributed by atoms with van der Waals surface area (Å²) >= 11 is 7.82. The number of hydrogen-bond donors (Lipinski definition) is 2. The number of thioether (sulfide) groups is 1. The summed E-state index contributed by atoms with van der Waals surface area (Å²) in [6.45, 7) is 7.19. The van der Waals surface area contributed by atoms with Crippen LogP contribution in [-0.2, 0) is 27.7 Å². The van der Waals surface area contributed by atoms with Crippen molar-refractivity contribution in [3.8, 4) is 11.1 Å². The summed E-state index contributed by atoms with van der Waals surface area (Å²) in [7, 11) is -4.46. The number of hydrogen-bond acceptors (Lipinski definition) is 11. The van der Waals surface area contributed by atoms with Gasteiger partial charge in [0.15, 0.2) is 0 Å². The van der Waals surface area contributed by atoms with Crippen LogP contribution in [0.15, 0.2) is 125 Å². The number of nitro benzene ring substituents is 1. The van der Waals surface area contributed by atoms with E-state index < -0.39 is 20.9 Å². The highest BCUT2D eigenvalue weighted by atomic mass is 35.5. The van der Waals surface area contributed by atoms with Gasteiger partial charge in [-0.05, 0) is 103 Å². The molecule has 15 heteroatoms. The van der Waals surface area contributed by atoms with Crippen molar-refractivity contribution in [3.63, 3.8) is 0 Å². The highest BCUT2D eigenvalue weighted by Gasteiger charge is 2.32. The summed E-state index contributed by atoms with van der Waals surface area (Å²) in [5.74, 6) is -0.149. The van der Waals surface area contributed by atoms with Gasteiger partial charge in [0.2, 0.25) is 0 Å². The number of halogens is 1. The first kappa shape index (κ1) is 43.7. The first-order valence-corrected chi connectivity index (χ1v) is 24.0. The molecule has 2 fully saturated rings. The van der Waals surface area contributed by atoms with E-state index in [-0.39, 0.29) is 27.9 Å². The summed E-state index contributed by atoms with van der Waals surface area (Å²) in [5, 5.41) is 16.5. The van der Waals surface area contributed by atoms with E-state index in [1.807, 2.05) is 48.5 Å². The van der Waals surface area contributed by atoms with E-state index in [2.05, 4.69) is 61.1 Å². The summed E-state index contributed by atoms with van der Waals surface area (Å²) in [5.41, 5.74) is 5.72. The molecular weight excluding hydrogens is 844 g/mol. The summed E-state index contributed by atoms with van der Waals surface area (Å²) < 4.78 is 35.0. The molecule has 62 heavy (non-hydrogen) atoms. The molecule has 0 unspecified atom stereocenters. The van der Waals surface area contributed by atoms with E-state index in [1.165, 1.54) is 23.3 Å². The highest BCUT2D eigenvalue weighted by molar-refractivity contribution is 7.99. The number of piperazine rings is 1. The zero-order valence-corrected chi connectivity index (χ0v) is 36.8. The minimum atomic E-state index is -4.46. The monoisotopic (exact) mass is 894 g/mol. The van der Waals surface area contributed by atoms with Crippen molar-refractivity contribution < 1.29 is 22.9 Å². The van der Waals surface area contributed by atoms with Gasteiger partial charge in [0.05, 0.1) is 23.0 Å². The molecular formula is C47H51ClN6O6S2. The number of rotatable bonds is 15. The molecule has 0 radical (unpaired) electrons. The number of nitrogens with one attached hydrogen (secondary N) is 2. The fraction of sp³-hybridized carbons (Fsp3) is 0.340. The molecule has 5 aromatic rings. The third kappa shape index (κ3) is 10.8. The normalized spacial score (nSPS) is 17.6. The number of aryl methyl sites for hydroxylation is 1. The van der Waals surface area contributed by atoms with Gasteiger partial charge in [-0.1, -0.05) is 66.2 Å².